The highest BCUT2D eigenvalue weighted by molar-refractivity contribution is 6.03. The quantitative estimate of drug-likeness (QED) is 0.845. The molecule has 8 heteroatoms. The number of nitrogens with one attached hydrogen (secondary N) is 1. The number of hydrogen-bond acceptors (Lipinski definition) is 4. The van der Waals surface area contributed by atoms with E-state index in [0.29, 0.717) is 11.4 Å². The third-order valence-electron chi connectivity index (χ3n) is 3.04. The van der Waals surface area contributed by atoms with Crippen LogP contribution in [-0.4, -0.2) is 36.5 Å². The van der Waals surface area contributed by atoms with Gasteiger partial charge in [0.2, 0.25) is 0 Å². The second-order valence-electron chi connectivity index (χ2n) is 5.30. The van der Waals surface area contributed by atoms with E-state index in [9.17, 15) is 9.59 Å². The average Bonchev–Trinajstić information content (AvgIpc) is 3.03. The number of aryl methyl sites for hydroxylation is 2. The fourth-order valence-corrected chi connectivity index (χ4v) is 2.01. The molecule has 0 aliphatic carbocycles. The summed E-state index contributed by atoms with van der Waals surface area (Å²) in [7, 11) is 0. The molecule has 0 fully saturated rings. The van der Waals surface area contributed by atoms with E-state index in [-0.39, 0.29) is 24.9 Å². The molecule has 0 radical (unpaired) electrons. The SMILES string of the molecule is Cc1cc(NC(=O)c2cnn(CCC(=O)O)c2)n(C(C)C)n1. The number of carboxylic acid groups (broad SMARTS) is 1. The second kappa shape index (κ2) is 6.42. The number of carbonyl (C=O) groups excluding carboxylic acids is 1. The highest BCUT2D eigenvalue weighted by Gasteiger charge is 2.14. The Labute approximate surface area is 127 Å². The number of anilines is 1. The lowest BCUT2D eigenvalue weighted by atomic mass is 10.3. The summed E-state index contributed by atoms with van der Waals surface area (Å²) in [4.78, 5) is 22.8. The van der Waals surface area contributed by atoms with Crippen molar-refractivity contribution in [1.29, 1.82) is 0 Å². The molecular formula is C14H19N5O3. The molecule has 1 amide bonds. The summed E-state index contributed by atoms with van der Waals surface area (Å²) in [5, 5.41) is 19.7. The van der Waals surface area contributed by atoms with Crippen molar-refractivity contribution >= 4 is 17.7 Å². The van der Waals surface area contributed by atoms with Crippen LogP contribution in [0.5, 0.6) is 0 Å². The van der Waals surface area contributed by atoms with E-state index in [1.807, 2.05) is 20.8 Å². The summed E-state index contributed by atoms with van der Waals surface area (Å²) < 4.78 is 3.18. The van der Waals surface area contributed by atoms with Gasteiger partial charge in [-0.1, -0.05) is 0 Å². The van der Waals surface area contributed by atoms with Crippen molar-refractivity contribution in [1.82, 2.24) is 19.6 Å². The monoisotopic (exact) mass is 305 g/mol. The number of aliphatic carboxylic acids is 1. The largest absolute Gasteiger partial charge is 0.481 e. The molecule has 0 spiro atoms. The molecule has 2 heterocycles. The molecule has 0 saturated heterocycles. The van der Waals surface area contributed by atoms with Crippen LogP contribution in [0.25, 0.3) is 0 Å². The van der Waals surface area contributed by atoms with Crippen molar-refractivity contribution in [2.75, 3.05) is 5.32 Å². The molecule has 0 saturated carbocycles. The highest BCUT2D eigenvalue weighted by atomic mass is 16.4. The lowest BCUT2D eigenvalue weighted by Crippen LogP contribution is -2.16. The molecule has 0 aliphatic rings. The maximum absolute atomic E-state index is 12.2. The Kier molecular flexibility index (Phi) is 4.59. The Balaban J connectivity index is 2.08. The lowest BCUT2D eigenvalue weighted by Gasteiger charge is -2.11. The zero-order chi connectivity index (χ0) is 16.3. The van der Waals surface area contributed by atoms with Crippen LogP contribution in [0, 0.1) is 6.92 Å². The normalized spacial score (nSPS) is 10.9. The molecule has 2 rings (SSSR count). The highest BCUT2D eigenvalue weighted by Crippen LogP contribution is 2.16. The smallest absolute Gasteiger partial charge is 0.305 e. The Morgan fingerprint density at radius 1 is 1.41 bits per heavy atom. The summed E-state index contributed by atoms with van der Waals surface area (Å²) in [5.74, 6) is -0.586. The van der Waals surface area contributed by atoms with Gasteiger partial charge in [0.1, 0.15) is 5.82 Å². The van der Waals surface area contributed by atoms with E-state index in [2.05, 4.69) is 15.5 Å². The number of rotatable bonds is 6. The molecule has 2 aromatic rings. The summed E-state index contributed by atoms with van der Waals surface area (Å²) in [6, 6.07) is 1.93. The summed E-state index contributed by atoms with van der Waals surface area (Å²) in [6.45, 7) is 6.04. The molecule has 118 valence electrons. The summed E-state index contributed by atoms with van der Waals surface area (Å²) >= 11 is 0. The first-order chi connectivity index (χ1) is 10.4. The molecule has 0 bridgehead atoms. The minimum absolute atomic E-state index is 0.0396. The molecule has 8 nitrogen and oxygen atoms in total. The average molecular weight is 305 g/mol. The Morgan fingerprint density at radius 2 is 2.14 bits per heavy atom. The van der Waals surface area contributed by atoms with Gasteiger partial charge in [0.15, 0.2) is 0 Å². The van der Waals surface area contributed by atoms with Crippen molar-refractivity contribution in [2.24, 2.45) is 0 Å². The number of amides is 1. The molecule has 2 aromatic heterocycles. The molecule has 0 unspecified atom stereocenters. The van der Waals surface area contributed by atoms with E-state index >= 15 is 0 Å². The number of nitrogens with zero attached hydrogens (tertiary/aromatic N) is 4. The maximum Gasteiger partial charge on any atom is 0.305 e. The predicted molar refractivity (Wildman–Crippen MR) is 79.8 cm³/mol. The van der Waals surface area contributed by atoms with E-state index in [1.165, 1.54) is 17.1 Å². The van der Waals surface area contributed by atoms with Crippen LogP contribution < -0.4 is 5.32 Å². The van der Waals surface area contributed by atoms with Gasteiger partial charge in [0, 0.05) is 18.3 Å². The molecule has 0 aromatic carbocycles. The van der Waals surface area contributed by atoms with E-state index in [1.54, 1.807) is 10.7 Å². The predicted octanol–water partition coefficient (Wildman–Crippen LogP) is 1.70. The Bertz CT molecular complexity index is 686. The Hall–Kier alpha value is -2.64. The molecule has 0 atom stereocenters. The maximum atomic E-state index is 12.2. The number of carbonyl (C=O) groups is 2. The van der Waals surface area contributed by atoms with Crippen molar-refractivity contribution in [3.63, 3.8) is 0 Å². The minimum Gasteiger partial charge on any atom is -0.481 e. The fraction of sp³-hybridized carbons (Fsp3) is 0.429. The van der Waals surface area contributed by atoms with E-state index in [4.69, 9.17) is 5.11 Å². The van der Waals surface area contributed by atoms with Crippen LogP contribution in [0.2, 0.25) is 0 Å². The van der Waals surface area contributed by atoms with Gasteiger partial charge in [-0.25, -0.2) is 4.68 Å². The van der Waals surface area contributed by atoms with Gasteiger partial charge in [-0.15, -0.1) is 0 Å². The number of carboxylic acids is 1. The van der Waals surface area contributed by atoms with Crippen molar-refractivity contribution in [3.8, 4) is 0 Å². The van der Waals surface area contributed by atoms with E-state index in [0.717, 1.165) is 5.69 Å². The standard InChI is InChI=1S/C14H19N5O3/c1-9(2)19-12(6-10(3)17-19)16-14(22)11-7-15-18(8-11)5-4-13(20)21/h6-9H,4-5H2,1-3H3,(H,16,22)(H,20,21). The first kappa shape index (κ1) is 15.7. The van der Waals surface area contributed by atoms with Crippen LogP contribution in [-0.2, 0) is 11.3 Å². The van der Waals surface area contributed by atoms with Crippen LogP contribution in [0.4, 0.5) is 5.82 Å². The van der Waals surface area contributed by atoms with Crippen molar-refractivity contribution in [3.05, 3.63) is 29.7 Å². The van der Waals surface area contributed by atoms with Crippen LogP contribution in [0.1, 0.15) is 42.4 Å². The summed E-state index contributed by atoms with van der Waals surface area (Å²) in [5.41, 5.74) is 1.20. The topological polar surface area (TPSA) is 102 Å². The third kappa shape index (κ3) is 3.72. The van der Waals surface area contributed by atoms with Gasteiger partial charge in [-0.3, -0.25) is 14.3 Å². The zero-order valence-electron chi connectivity index (χ0n) is 12.8. The van der Waals surface area contributed by atoms with Gasteiger partial charge < -0.3 is 10.4 Å². The fourth-order valence-electron chi connectivity index (χ4n) is 2.01. The van der Waals surface area contributed by atoms with Crippen LogP contribution in [0.15, 0.2) is 18.5 Å². The molecule has 22 heavy (non-hydrogen) atoms. The Morgan fingerprint density at radius 3 is 2.77 bits per heavy atom. The minimum atomic E-state index is -0.905. The number of aromatic nitrogens is 4. The van der Waals surface area contributed by atoms with Gasteiger partial charge in [-0.2, -0.15) is 10.2 Å². The van der Waals surface area contributed by atoms with Crippen molar-refractivity contribution in [2.45, 2.75) is 39.8 Å². The number of hydrogen-bond donors (Lipinski definition) is 2. The zero-order valence-corrected chi connectivity index (χ0v) is 12.8. The van der Waals surface area contributed by atoms with Gasteiger partial charge in [0.25, 0.3) is 5.91 Å². The van der Waals surface area contributed by atoms with Crippen LogP contribution in [0.3, 0.4) is 0 Å². The van der Waals surface area contributed by atoms with Crippen molar-refractivity contribution < 1.29 is 14.7 Å². The lowest BCUT2D eigenvalue weighted by molar-refractivity contribution is -0.137. The van der Waals surface area contributed by atoms with E-state index < -0.39 is 5.97 Å². The second-order valence-corrected chi connectivity index (χ2v) is 5.30. The van der Waals surface area contributed by atoms with Crippen LogP contribution >= 0.6 is 0 Å². The van der Waals surface area contributed by atoms with Gasteiger partial charge in [-0.05, 0) is 20.8 Å². The first-order valence-corrected chi connectivity index (χ1v) is 6.98. The first-order valence-electron chi connectivity index (χ1n) is 6.98. The third-order valence-corrected chi connectivity index (χ3v) is 3.04. The molecule has 0 aliphatic heterocycles. The summed E-state index contributed by atoms with van der Waals surface area (Å²) in [6.07, 6.45) is 2.91. The van der Waals surface area contributed by atoms with Gasteiger partial charge in [0.05, 0.1) is 30.4 Å². The molecule has 2 N–H and O–H groups in total. The molecular weight excluding hydrogens is 286 g/mol. The van der Waals surface area contributed by atoms with Gasteiger partial charge >= 0.3 is 5.97 Å².